The number of ether oxygens (including phenoxy) is 1. The van der Waals surface area contributed by atoms with Gasteiger partial charge in [-0.05, 0) is 24.6 Å². The van der Waals surface area contributed by atoms with E-state index >= 15 is 0 Å². The number of fused-ring (bicyclic) bond motifs is 1. The summed E-state index contributed by atoms with van der Waals surface area (Å²) in [5, 5.41) is 14.2. The molecule has 0 radical (unpaired) electrons. The van der Waals surface area contributed by atoms with Crippen LogP contribution >= 0.6 is 11.3 Å². The molecule has 1 aromatic heterocycles. The Labute approximate surface area is 124 Å². The monoisotopic (exact) mass is 309 g/mol. The number of amides is 2. The smallest absolute Gasteiger partial charge is 0.321 e. The van der Waals surface area contributed by atoms with Crippen molar-refractivity contribution in [3.63, 3.8) is 0 Å². The number of methoxy groups -OCH3 is 1. The number of carbonyl (C=O) groups is 2. The van der Waals surface area contributed by atoms with Crippen LogP contribution in [0.5, 0.6) is 5.75 Å². The standard InChI is InChI=1S/C13H15N3O4S/c1-20-8-4-5-9-10(7-8)21-13(15-9)16-12(19)14-6-2-3-11(17)18/h4-5,7H,2-3,6H2,1H3,(H,17,18)(H2,14,15,16,19). The van der Waals surface area contributed by atoms with Crippen molar-refractivity contribution < 1.29 is 19.4 Å². The molecule has 7 nitrogen and oxygen atoms in total. The number of carboxylic acids is 1. The first-order chi connectivity index (χ1) is 10.1. The van der Waals surface area contributed by atoms with Crippen molar-refractivity contribution in [3.8, 4) is 5.75 Å². The summed E-state index contributed by atoms with van der Waals surface area (Å²) in [6, 6.07) is 5.08. The number of benzene rings is 1. The number of urea groups is 1. The number of hydrogen-bond acceptors (Lipinski definition) is 5. The number of rotatable bonds is 6. The molecular formula is C13H15N3O4S. The van der Waals surface area contributed by atoms with E-state index in [1.54, 1.807) is 13.2 Å². The maximum absolute atomic E-state index is 11.6. The predicted octanol–water partition coefficient (Wildman–Crippen LogP) is 2.29. The van der Waals surface area contributed by atoms with E-state index in [0.717, 1.165) is 16.0 Å². The van der Waals surface area contributed by atoms with E-state index < -0.39 is 12.0 Å². The number of aromatic nitrogens is 1. The molecule has 0 fully saturated rings. The third-order valence-electron chi connectivity index (χ3n) is 2.67. The summed E-state index contributed by atoms with van der Waals surface area (Å²) in [5.74, 6) is -0.145. The van der Waals surface area contributed by atoms with Crippen LogP contribution in [0.1, 0.15) is 12.8 Å². The van der Waals surface area contributed by atoms with Crippen LogP contribution in [0.3, 0.4) is 0 Å². The van der Waals surface area contributed by atoms with Crippen molar-refractivity contribution in [3.05, 3.63) is 18.2 Å². The van der Waals surface area contributed by atoms with E-state index in [1.165, 1.54) is 11.3 Å². The molecule has 3 N–H and O–H groups in total. The Morgan fingerprint density at radius 1 is 1.43 bits per heavy atom. The van der Waals surface area contributed by atoms with E-state index in [0.29, 0.717) is 18.1 Å². The molecule has 0 saturated carbocycles. The minimum Gasteiger partial charge on any atom is -0.497 e. The molecule has 2 rings (SSSR count). The van der Waals surface area contributed by atoms with Gasteiger partial charge in [-0.1, -0.05) is 11.3 Å². The third kappa shape index (κ3) is 4.32. The molecular weight excluding hydrogens is 294 g/mol. The topological polar surface area (TPSA) is 101 Å². The van der Waals surface area contributed by atoms with Crippen LogP contribution < -0.4 is 15.4 Å². The van der Waals surface area contributed by atoms with E-state index in [4.69, 9.17) is 9.84 Å². The zero-order valence-corrected chi connectivity index (χ0v) is 12.2. The second kappa shape index (κ2) is 6.89. The minimum absolute atomic E-state index is 0.0290. The summed E-state index contributed by atoms with van der Waals surface area (Å²) in [4.78, 5) is 26.3. The van der Waals surface area contributed by atoms with E-state index in [9.17, 15) is 9.59 Å². The van der Waals surface area contributed by atoms with Gasteiger partial charge in [-0.15, -0.1) is 0 Å². The zero-order valence-electron chi connectivity index (χ0n) is 11.4. The highest BCUT2D eigenvalue weighted by Crippen LogP contribution is 2.28. The molecule has 112 valence electrons. The number of hydrogen-bond donors (Lipinski definition) is 3. The number of aliphatic carboxylic acids is 1. The van der Waals surface area contributed by atoms with Crippen LogP contribution in [0.4, 0.5) is 9.93 Å². The summed E-state index contributed by atoms with van der Waals surface area (Å²) >= 11 is 1.34. The van der Waals surface area contributed by atoms with Crippen LogP contribution in [0.25, 0.3) is 10.2 Å². The Morgan fingerprint density at radius 2 is 2.24 bits per heavy atom. The maximum atomic E-state index is 11.6. The molecule has 0 spiro atoms. The van der Waals surface area contributed by atoms with Gasteiger partial charge in [0.25, 0.3) is 0 Å². The molecule has 8 heteroatoms. The molecule has 0 aliphatic heterocycles. The van der Waals surface area contributed by atoms with Crippen LogP contribution in [0, 0.1) is 0 Å². The van der Waals surface area contributed by atoms with Gasteiger partial charge >= 0.3 is 12.0 Å². The Bertz CT molecular complexity index is 656. The highest BCUT2D eigenvalue weighted by atomic mass is 32.1. The van der Waals surface area contributed by atoms with Gasteiger partial charge in [-0.25, -0.2) is 9.78 Å². The molecule has 0 aliphatic carbocycles. The highest BCUT2D eigenvalue weighted by molar-refractivity contribution is 7.22. The fourth-order valence-electron chi connectivity index (χ4n) is 1.67. The molecule has 2 aromatic rings. The van der Waals surface area contributed by atoms with Crippen molar-refractivity contribution in [1.82, 2.24) is 10.3 Å². The zero-order chi connectivity index (χ0) is 15.2. The van der Waals surface area contributed by atoms with Gasteiger partial charge in [0, 0.05) is 13.0 Å². The van der Waals surface area contributed by atoms with Crippen molar-refractivity contribution in [2.45, 2.75) is 12.8 Å². The third-order valence-corrected chi connectivity index (χ3v) is 3.60. The lowest BCUT2D eigenvalue weighted by molar-refractivity contribution is -0.137. The van der Waals surface area contributed by atoms with E-state index in [-0.39, 0.29) is 6.42 Å². The van der Waals surface area contributed by atoms with Crippen molar-refractivity contribution in [1.29, 1.82) is 0 Å². The second-order valence-electron chi connectivity index (χ2n) is 4.23. The Kier molecular flexibility index (Phi) is 4.94. The van der Waals surface area contributed by atoms with E-state index in [2.05, 4.69) is 15.6 Å². The molecule has 2 amide bonds. The van der Waals surface area contributed by atoms with Crippen molar-refractivity contribution in [2.75, 3.05) is 19.0 Å². The lowest BCUT2D eigenvalue weighted by Crippen LogP contribution is -2.29. The quantitative estimate of drug-likeness (QED) is 0.711. The molecule has 0 unspecified atom stereocenters. The minimum atomic E-state index is -0.877. The number of anilines is 1. The molecule has 0 bridgehead atoms. The summed E-state index contributed by atoms with van der Waals surface area (Å²) in [7, 11) is 1.59. The normalized spacial score (nSPS) is 10.3. The number of thiazole rings is 1. The summed E-state index contributed by atoms with van der Waals surface area (Å²) < 4.78 is 6.04. The average Bonchev–Trinajstić information content (AvgIpc) is 2.84. The van der Waals surface area contributed by atoms with Crippen molar-refractivity contribution >= 4 is 38.7 Å². The molecule has 0 atom stereocenters. The Morgan fingerprint density at radius 3 is 2.95 bits per heavy atom. The first kappa shape index (κ1) is 15.0. The first-order valence-corrected chi connectivity index (χ1v) is 7.11. The molecule has 1 aromatic carbocycles. The lowest BCUT2D eigenvalue weighted by atomic mass is 10.3. The van der Waals surface area contributed by atoms with Gasteiger partial charge in [-0.3, -0.25) is 10.1 Å². The second-order valence-corrected chi connectivity index (χ2v) is 5.26. The molecule has 0 aliphatic rings. The van der Waals surface area contributed by atoms with Crippen molar-refractivity contribution in [2.24, 2.45) is 0 Å². The van der Waals surface area contributed by atoms with Gasteiger partial charge in [0.2, 0.25) is 0 Å². The van der Waals surface area contributed by atoms with Crippen LogP contribution in [0.2, 0.25) is 0 Å². The van der Waals surface area contributed by atoms with Gasteiger partial charge in [0.15, 0.2) is 5.13 Å². The van der Waals surface area contributed by atoms with Gasteiger partial charge in [0.05, 0.1) is 17.3 Å². The molecule has 21 heavy (non-hydrogen) atoms. The Balaban J connectivity index is 1.90. The fourth-order valence-corrected chi connectivity index (χ4v) is 2.56. The van der Waals surface area contributed by atoms with Gasteiger partial charge < -0.3 is 15.2 Å². The number of nitrogens with one attached hydrogen (secondary N) is 2. The summed E-state index contributed by atoms with van der Waals surface area (Å²) in [5.41, 5.74) is 0.780. The predicted molar refractivity (Wildman–Crippen MR) is 80.1 cm³/mol. The summed E-state index contributed by atoms with van der Waals surface area (Å²) in [6.45, 7) is 0.302. The fraction of sp³-hybridized carbons (Fsp3) is 0.308. The number of carboxylic acid groups (broad SMARTS) is 1. The molecule has 0 saturated heterocycles. The SMILES string of the molecule is COc1ccc2nc(NC(=O)NCCCC(=O)O)sc2c1. The van der Waals surface area contributed by atoms with Crippen LogP contribution in [0.15, 0.2) is 18.2 Å². The number of nitrogens with zero attached hydrogens (tertiary/aromatic N) is 1. The summed E-state index contributed by atoms with van der Waals surface area (Å²) in [6.07, 6.45) is 0.418. The van der Waals surface area contributed by atoms with Gasteiger partial charge in [-0.2, -0.15) is 0 Å². The molecule has 1 heterocycles. The largest absolute Gasteiger partial charge is 0.497 e. The van der Waals surface area contributed by atoms with Gasteiger partial charge in [0.1, 0.15) is 5.75 Å². The maximum Gasteiger partial charge on any atom is 0.321 e. The first-order valence-electron chi connectivity index (χ1n) is 6.29. The number of carbonyl (C=O) groups excluding carboxylic acids is 1. The van der Waals surface area contributed by atoms with Crippen LogP contribution in [-0.4, -0.2) is 35.7 Å². The highest BCUT2D eigenvalue weighted by Gasteiger charge is 2.08. The van der Waals surface area contributed by atoms with Crippen LogP contribution in [-0.2, 0) is 4.79 Å². The Hall–Kier alpha value is -2.35. The van der Waals surface area contributed by atoms with E-state index in [1.807, 2.05) is 12.1 Å². The lowest BCUT2D eigenvalue weighted by Gasteiger charge is -2.03. The average molecular weight is 309 g/mol.